The molecule has 0 unspecified atom stereocenters. The van der Waals surface area contributed by atoms with Crippen molar-refractivity contribution in [1.29, 1.82) is 0 Å². The Hall–Kier alpha value is -4.21. The van der Waals surface area contributed by atoms with Crippen LogP contribution in [0.4, 0.5) is 32.0 Å². The topological polar surface area (TPSA) is 57.2 Å². The SMILES string of the molecule is Cc1ccc(Cn2c(-c3ccc(Oc4ccccc4C(F)(F)F)c(C)c3)cc(C(F)(F)F)c(N)c2=O)c(C)c1. The summed E-state index contributed by atoms with van der Waals surface area (Å²) in [5.74, 6) is -0.343. The van der Waals surface area contributed by atoms with Crippen molar-refractivity contribution in [2.75, 3.05) is 5.73 Å². The van der Waals surface area contributed by atoms with Gasteiger partial charge in [0.25, 0.3) is 5.56 Å². The Morgan fingerprint density at radius 3 is 2.05 bits per heavy atom. The van der Waals surface area contributed by atoms with Crippen molar-refractivity contribution in [2.45, 2.75) is 39.7 Å². The summed E-state index contributed by atoms with van der Waals surface area (Å²) in [5.41, 5.74) is 4.56. The van der Waals surface area contributed by atoms with Crippen LogP contribution in [0, 0.1) is 20.8 Å². The number of para-hydroxylation sites is 1. The number of benzene rings is 3. The lowest BCUT2D eigenvalue weighted by Crippen LogP contribution is -2.29. The number of alkyl halides is 6. The summed E-state index contributed by atoms with van der Waals surface area (Å²) in [4.78, 5) is 13.1. The summed E-state index contributed by atoms with van der Waals surface area (Å²) in [6.07, 6.45) is -9.52. The summed E-state index contributed by atoms with van der Waals surface area (Å²) in [6.45, 7) is 5.22. The van der Waals surface area contributed by atoms with E-state index in [9.17, 15) is 31.1 Å². The number of aryl methyl sites for hydroxylation is 3. The molecule has 0 aliphatic carbocycles. The number of nitrogen functional groups attached to an aromatic ring is 1. The average molecular weight is 547 g/mol. The number of ether oxygens (including phenoxy) is 1. The molecule has 4 rings (SSSR count). The first kappa shape index (κ1) is 27.8. The molecule has 3 aromatic carbocycles. The van der Waals surface area contributed by atoms with E-state index in [1.54, 1.807) is 13.0 Å². The molecule has 0 bridgehead atoms. The highest BCUT2D eigenvalue weighted by atomic mass is 19.4. The second-order valence-corrected chi connectivity index (χ2v) is 9.25. The van der Waals surface area contributed by atoms with Crippen molar-refractivity contribution >= 4 is 5.69 Å². The van der Waals surface area contributed by atoms with Crippen LogP contribution in [0.25, 0.3) is 11.3 Å². The van der Waals surface area contributed by atoms with Crippen LogP contribution in [-0.4, -0.2) is 4.57 Å². The number of rotatable bonds is 5. The van der Waals surface area contributed by atoms with Gasteiger partial charge in [-0.1, -0.05) is 35.9 Å². The van der Waals surface area contributed by atoms with Gasteiger partial charge in [-0.15, -0.1) is 0 Å². The monoisotopic (exact) mass is 546 g/mol. The highest BCUT2D eigenvalue weighted by molar-refractivity contribution is 5.67. The van der Waals surface area contributed by atoms with Crippen molar-refractivity contribution in [3.05, 3.63) is 110 Å². The van der Waals surface area contributed by atoms with E-state index < -0.39 is 40.5 Å². The van der Waals surface area contributed by atoms with Crippen LogP contribution in [-0.2, 0) is 18.9 Å². The van der Waals surface area contributed by atoms with Crippen molar-refractivity contribution in [2.24, 2.45) is 0 Å². The number of pyridine rings is 1. The van der Waals surface area contributed by atoms with Gasteiger partial charge in [0.05, 0.1) is 23.4 Å². The van der Waals surface area contributed by atoms with Gasteiger partial charge in [-0.3, -0.25) is 4.79 Å². The standard InChI is InChI=1S/C29H24F6N2O2/c1-16-8-9-20(17(2)12-16)15-37-23(14-22(29(33,34)35)26(36)27(37)38)19-10-11-24(18(3)13-19)39-25-7-5-4-6-21(25)28(30,31)32/h4-14H,15,36H2,1-3H3. The van der Waals surface area contributed by atoms with Gasteiger partial charge in [0, 0.05) is 0 Å². The average Bonchev–Trinajstić information content (AvgIpc) is 2.84. The molecule has 0 atom stereocenters. The predicted octanol–water partition coefficient (Wildman–Crippen LogP) is 7.90. The molecule has 0 saturated carbocycles. The number of halogens is 6. The molecular weight excluding hydrogens is 522 g/mol. The van der Waals surface area contributed by atoms with Crippen LogP contribution in [0.3, 0.4) is 0 Å². The quantitative estimate of drug-likeness (QED) is 0.259. The minimum atomic E-state index is -4.88. The summed E-state index contributed by atoms with van der Waals surface area (Å²) in [5, 5.41) is 0. The van der Waals surface area contributed by atoms with E-state index in [0.717, 1.165) is 27.8 Å². The molecule has 2 N–H and O–H groups in total. The largest absolute Gasteiger partial charge is 0.456 e. The lowest BCUT2D eigenvalue weighted by atomic mass is 10.0. The van der Waals surface area contributed by atoms with E-state index >= 15 is 0 Å². The first-order valence-corrected chi connectivity index (χ1v) is 11.8. The Morgan fingerprint density at radius 1 is 0.769 bits per heavy atom. The van der Waals surface area contributed by atoms with Crippen molar-refractivity contribution in [1.82, 2.24) is 4.57 Å². The Labute approximate surface area is 220 Å². The summed E-state index contributed by atoms with van der Waals surface area (Å²) < 4.78 is 88.2. The molecule has 4 aromatic rings. The van der Waals surface area contributed by atoms with Crippen LogP contribution in [0.2, 0.25) is 0 Å². The summed E-state index contributed by atoms with van der Waals surface area (Å²) in [7, 11) is 0. The molecule has 0 spiro atoms. The summed E-state index contributed by atoms with van der Waals surface area (Å²) in [6, 6.07) is 15.2. The second kappa shape index (κ2) is 10.2. The minimum absolute atomic E-state index is 0.0428. The van der Waals surface area contributed by atoms with E-state index in [1.165, 1.54) is 36.4 Å². The molecule has 1 heterocycles. The highest BCUT2D eigenvalue weighted by Crippen LogP contribution is 2.40. The third-order valence-electron chi connectivity index (χ3n) is 6.35. The molecular formula is C29H24F6N2O2. The first-order chi connectivity index (χ1) is 18.2. The lowest BCUT2D eigenvalue weighted by Gasteiger charge is -2.20. The Balaban J connectivity index is 1.84. The number of nitrogens with two attached hydrogens (primary N) is 1. The fourth-order valence-electron chi connectivity index (χ4n) is 4.32. The van der Waals surface area contributed by atoms with Crippen LogP contribution in [0.1, 0.15) is 33.4 Å². The van der Waals surface area contributed by atoms with Gasteiger partial charge in [-0.05, 0) is 79.4 Å². The van der Waals surface area contributed by atoms with Crippen molar-refractivity contribution < 1.29 is 31.1 Å². The number of hydrogen-bond donors (Lipinski definition) is 1. The van der Waals surface area contributed by atoms with E-state index in [-0.39, 0.29) is 23.6 Å². The smallest absolute Gasteiger partial charge is 0.419 e. The van der Waals surface area contributed by atoms with Crippen LogP contribution < -0.4 is 16.0 Å². The Bertz CT molecular complexity index is 1600. The molecule has 0 aliphatic heterocycles. The third kappa shape index (κ3) is 5.79. The maximum Gasteiger partial charge on any atom is 0.419 e. The molecule has 0 fully saturated rings. The maximum atomic E-state index is 13.8. The highest BCUT2D eigenvalue weighted by Gasteiger charge is 2.36. The predicted molar refractivity (Wildman–Crippen MR) is 137 cm³/mol. The number of anilines is 1. The van der Waals surface area contributed by atoms with Gasteiger partial charge in [0.1, 0.15) is 17.2 Å². The molecule has 1 aromatic heterocycles. The zero-order valence-electron chi connectivity index (χ0n) is 21.2. The van der Waals surface area contributed by atoms with Crippen molar-refractivity contribution in [3.63, 3.8) is 0 Å². The van der Waals surface area contributed by atoms with Gasteiger partial charge in [-0.2, -0.15) is 26.3 Å². The third-order valence-corrected chi connectivity index (χ3v) is 6.35. The van der Waals surface area contributed by atoms with E-state index in [4.69, 9.17) is 10.5 Å². The first-order valence-electron chi connectivity index (χ1n) is 11.8. The molecule has 10 heteroatoms. The molecule has 0 radical (unpaired) electrons. The fraction of sp³-hybridized carbons (Fsp3) is 0.207. The number of nitrogens with zero attached hydrogens (tertiary/aromatic N) is 1. The van der Waals surface area contributed by atoms with Gasteiger partial charge in [0.15, 0.2) is 0 Å². The van der Waals surface area contributed by atoms with E-state index in [2.05, 4.69) is 0 Å². The van der Waals surface area contributed by atoms with Crippen LogP contribution in [0.5, 0.6) is 11.5 Å². The summed E-state index contributed by atoms with van der Waals surface area (Å²) >= 11 is 0. The molecule has 204 valence electrons. The fourth-order valence-corrected chi connectivity index (χ4v) is 4.32. The Morgan fingerprint density at radius 2 is 1.44 bits per heavy atom. The maximum absolute atomic E-state index is 13.8. The Kier molecular flexibility index (Phi) is 7.25. The zero-order chi connectivity index (χ0) is 28.7. The van der Waals surface area contributed by atoms with E-state index in [1.807, 2.05) is 26.0 Å². The second-order valence-electron chi connectivity index (χ2n) is 9.25. The molecule has 0 saturated heterocycles. The molecule has 39 heavy (non-hydrogen) atoms. The normalized spacial score (nSPS) is 12.0. The van der Waals surface area contributed by atoms with Gasteiger partial charge in [0.2, 0.25) is 0 Å². The molecule has 0 aliphatic rings. The van der Waals surface area contributed by atoms with Gasteiger partial charge >= 0.3 is 12.4 Å². The van der Waals surface area contributed by atoms with Crippen LogP contribution >= 0.6 is 0 Å². The molecule has 0 amide bonds. The van der Waals surface area contributed by atoms with Gasteiger partial charge < -0.3 is 15.0 Å². The van der Waals surface area contributed by atoms with Crippen molar-refractivity contribution in [3.8, 4) is 22.8 Å². The molecule has 4 nitrogen and oxygen atoms in total. The lowest BCUT2D eigenvalue weighted by molar-refractivity contribution is -0.139. The van der Waals surface area contributed by atoms with Crippen LogP contribution in [0.15, 0.2) is 71.5 Å². The number of aromatic nitrogens is 1. The van der Waals surface area contributed by atoms with E-state index in [0.29, 0.717) is 11.1 Å². The van der Waals surface area contributed by atoms with Gasteiger partial charge in [-0.25, -0.2) is 0 Å². The zero-order valence-corrected chi connectivity index (χ0v) is 21.2. The number of hydrogen-bond acceptors (Lipinski definition) is 3. The minimum Gasteiger partial charge on any atom is -0.456 e.